The normalized spacial score (nSPS) is 21.4. The molecule has 2 atom stereocenters. The molecule has 0 bridgehead atoms. The van der Waals surface area contributed by atoms with Gasteiger partial charge in [0.2, 0.25) is 5.75 Å². The van der Waals surface area contributed by atoms with Gasteiger partial charge in [-0.05, 0) is 56.3 Å². The summed E-state index contributed by atoms with van der Waals surface area (Å²) in [5.74, 6) is 2.28. The van der Waals surface area contributed by atoms with Gasteiger partial charge in [0.1, 0.15) is 0 Å². The number of rotatable bonds is 7. The van der Waals surface area contributed by atoms with Crippen LogP contribution in [-0.4, -0.2) is 76.3 Å². The highest BCUT2D eigenvalue weighted by Gasteiger charge is 2.48. The minimum absolute atomic E-state index is 0. The molecule has 2 heterocycles. The SMILES string of the molecule is COc1cc(CN2C[C@@H](CN(C)C)[C@@]3(CCc4ccccc4C(=O)N3)C2)cc(OC)c1OC.Cl.Cl. The van der Waals surface area contributed by atoms with E-state index in [0.717, 1.165) is 55.7 Å². The first-order chi connectivity index (χ1) is 15.9. The molecule has 194 valence electrons. The van der Waals surface area contributed by atoms with Crippen LogP contribution in [0.2, 0.25) is 0 Å². The Morgan fingerprint density at radius 1 is 1.06 bits per heavy atom. The second-order valence-electron chi connectivity index (χ2n) is 9.43. The number of benzene rings is 2. The van der Waals surface area contributed by atoms with Gasteiger partial charge in [0.25, 0.3) is 5.91 Å². The molecule has 0 unspecified atom stereocenters. The van der Waals surface area contributed by atoms with E-state index in [1.165, 1.54) is 0 Å². The van der Waals surface area contributed by atoms with Crippen LogP contribution in [0.3, 0.4) is 0 Å². The van der Waals surface area contributed by atoms with Crippen molar-refractivity contribution in [3.8, 4) is 17.2 Å². The largest absolute Gasteiger partial charge is 0.493 e. The van der Waals surface area contributed by atoms with Gasteiger partial charge in [-0.25, -0.2) is 0 Å². The van der Waals surface area contributed by atoms with Gasteiger partial charge < -0.3 is 24.4 Å². The van der Waals surface area contributed by atoms with Crippen LogP contribution in [0.5, 0.6) is 17.2 Å². The van der Waals surface area contributed by atoms with Gasteiger partial charge in [0.15, 0.2) is 11.5 Å². The number of hydrogen-bond acceptors (Lipinski definition) is 6. The second kappa shape index (κ2) is 12.2. The summed E-state index contributed by atoms with van der Waals surface area (Å²) in [7, 11) is 9.09. The summed E-state index contributed by atoms with van der Waals surface area (Å²) in [6.45, 7) is 3.38. The van der Waals surface area contributed by atoms with Crippen LogP contribution in [0, 0.1) is 5.92 Å². The van der Waals surface area contributed by atoms with Crippen molar-refractivity contribution in [3.05, 3.63) is 53.1 Å². The molecular weight excluding hydrogens is 489 g/mol. The first-order valence-electron chi connectivity index (χ1n) is 11.5. The monoisotopic (exact) mass is 525 g/mol. The third kappa shape index (κ3) is 5.97. The number of aryl methyl sites for hydroxylation is 1. The first kappa shape index (κ1) is 29.0. The molecule has 1 amide bonds. The van der Waals surface area contributed by atoms with Crippen molar-refractivity contribution in [1.82, 2.24) is 15.1 Å². The molecule has 2 aliphatic heterocycles. The molecule has 0 aliphatic carbocycles. The van der Waals surface area contributed by atoms with Gasteiger partial charge in [0, 0.05) is 37.7 Å². The summed E-state index contributed by atoms with van der Waals surface area (Å²) in [6.07, 6.45) is 1.83. The average Bonchev–Trinajstić information content (AvgIpc) is 3.03. The highest BCUT2D eigenvalue weighted by Crippen LogP contribution is 2.40. The van der Waals surface area contributed by atoms with E-state index in [2.05, 4.69) is 35.3 Å². The van der Waals surface area contributed by atoms with Crippen LogP contribution in [0.15, 0.2) is 36.4 Å². The minimum atomic E-state index is -0.263. The van der Waals surface area contributed by atoms with Crippen LogP contribution < -0.4 is 19.5 Å². The van der Waals surface area contributed by atoms with Crippen molar-refractivity contribution < 1.29 is 19.0 Å². The predicted molar refractivity (Wildman–Crippen MR) is 143 cm³/mol. The van der Waals surface area contributed by atoms with E-state index < -0.39 is 0 Å². The third-order valence-electron chi connectivity index (χ3n) is 6.95. The fourth-order valence-electron chi connectivity index (χ4n) is 5.46. The summed E-state index contributed by atoms with van der Waals surface area (Å²) >= 11 is 0. The van der Waals surface area contributed by atoms with Gasteiger partial charge in [-0.2, -0.15) is 0 Å². The van der Waals surface area contributed by atoms with E-state index in [1.54, 1.807) is 21.3 Å². The molecule has 2 aromatic rings. The van der Waals surface area contributed by atoms with Gasteiger partial charge in [-0.1, -0.05) is 18.2 Å². The third-order valence-corrected chi connectivity index (χ3v) is 6.95. The van der Waals surface area contributed by atoms with E-state index in [-0.39, 0.29) is 36.3 Å². The Labute approximate surface area is 220 Å². The number of ether oxygens (including phenoxy) is 3. The summed E-state index contributed by atoms with van der Waals surface area (Å²) < 4.78 is 16.6. The minimum Gasteiger partial charge on any atom is -0.493 e. The number of nitrogens with zero attached hydrogens (tertiary/aromatic N) is 2. The van der Waals surface area contributed by atoms with Crippen molar-refractivity contribution in [3.63, 3.8) is 0 Å². The lowest BCUT2D eigenvalue weighted by Gasteiger charge is -2.36. The smallest absolute Gasteiger partial charge is 0.252 e. The molecule has 0 saturated carbocycles. The molecule has 1 saturated heterocycles. The zero-order chi connectivity index (χ0) is 23.6. The molecule has 0 aromatic heterocycles. The first-order valence-corrected chi connectivity index (χ1v) is 11.5. The van der Waals surface area contributed by atoms with Crippen molar-refractivity contribution in [2.45, 2.75) is 24.9 Å². The molecule has 0 radical (unpaired) electrons. The van der Waals surface area contributed by atoms with E-state index in [0.29, 0.717) is 23.2 Å². The number of methoxy groups -OCH3 is 3. The Bertz CT molecular complexity index is 995. The Hall–Kier alpha value is -2.19. The number of nitrogens with one attached hydrogen (secondary N) is 1. The number of likely N-dealkylation sites (tertiary alicyclic amines) is 1. The highest BCUT2D eigenvalue weighted by molar-refractivity contribution is 5.96. The lowest BCUT2D eigenvalue weighted by molar-refractivity contribution is 0.0868. The summed E-state index contributed by atoms with van der Waals surface area (Å²) in [6, 6.07) is 12.0. The maximum atomic E-state index is 13.2. The van der Waals surface area contributed by atoms with E-state index in [9.17, 15) is 4.79 Å². The number of carbonyl (C=O) groups is 1. The number of fused-ring (bicyclic) bond motifs is 1. The second-order valence-corrected chi connectivity index (χ2v) is 9.43. The maximum Gasteiger partial charge on any atom is 0.252 e. The Kier molecular flexibility index (Phi) is 10.1. The number of hydrogen-bond donors (Lipinski definition) is 1. The lowest BCUT2D eigenvalue weighted by Crippen LogP contribution is -2.55. The molecule has 1 N–H and O–H groups in total. The summed E-state index contributed by atoms with van der Waals surface area (Å²) in [5, 5.41) is 3.47. The Morgan fingerprint density at radius 3 is 2.31 bits per heavy atom. The van der Waals surface area contributed by atoms with Gasteiger partial charge in [-0.15, -0.1) is 24.8 Å². The Morgan fingerprint density at radius 2 is 1.71 bits per heavy atom. The van der Waals surface area contributed by atoms with E-state index >= 15 is 0 Å². The topological polar surface area (TPSA) is 63.3 Å². The zero-order valence-electron chi connectivity index (χ0n) is 21.1. The molecule has 4 rings (SSSR count). The van der Waals surface area contributed by atoms with Gasteiger partial charge >= 0.3 is 0 Å². The number of halogens is 2. The van der Waals surface area contributed by atoms with Crippen LogP contribution in [0.25, 0.3) is 0 Å². The molecule has 2 aromatic carbocycles. The summed E-state index contributed by atoms with van der Waals surface area (Å²) in [4.78, 5) is 17.9. The molecular formula is C26H37Cl2N3O4. The predicted octanol–water partition coefficient (Wildman–Crippen LogP) is 3.66. The molecule has 35 heavy (non-hydrogen) atoms. The zero-order valence-corrected chi connectivity index (χ0v) is 22.8. The number of carbonyl (C=O) groups excluding carboxylic acids is 1. The van der Waals surface area contributed by atoms with Gasteiger partial charge in [-0.3, -0.25) is 9.69 Å². The van der Waals surface area contributed by atoms with Crippen LogP contribution in [-0.2, 0) is 13.0 Å². The number of amides is 1. The average molecular weight is 527 g/mol. The van der Waals surface area contributed by atoms with Crippen molar-refractivity contribution in [2.24, 2.45) is 5.92 Å². The fourth-order valence-corrected chi connectivity index (χ4v) is 5.46. The van der Waals surface area contributed by atoms with E-state index in [1.807, 2.05) is 30.3 Å². The highest BCUT2D eigenvalue weighted by atomic mass is 35.5. The standard InChI is InChI=1S/C26H35N3O4.2ClH/c1-28(2)15-20-16-29(14-18-12-22(31-3)24(33-5)23(13-18)32-4)17-26(20)11-10-19-8-6-7-9-21(19)25(30)27-26;;/h6-9,12-13,20H,10-11,14-17H2,1-5H3,(H,27,30);2*1H/t20-,26-;;/m1../s1. The Balaban J connectivity index is 0.00000216. The summed E-state index contributed by atoms with van der Waals surface area (Å²) in [5.41, 5.74) is 2.77. The lowest BCUT2D eigenvalue weighted by atomic mass is 9.82. The van der Waals surface area contributed by atoms with Crippen LogP contribution >= 0.6 is 24.8 Å². The quantitative estimate of drug-likeness (QED) is 0.595. The van der Waals surface area contributed by atoms with Crippen LogP contribution in [0.4, 0.5) is 0 Å². The van der Waals surface area contributed by atoms with Crippen molar-refractivity contribution in [1.29, 1.82) is 0 Å². The fraction of sp³-hybridized carbons (Fsp3) is 0.500. The molecule has 7 nitrogen and oxygen atoms in total. The van der Waals surface area contributed by atoms with Crippen molar-refractivity contribution in [2.75, 3.05) is 55.1 Å². The molecule has 1 spiro atoms. The van der Waals surface area contributed by atoms with Gasteiger partial charge in [0.05, 0.1) is 26.9 Å². The van der Waals surface area contributed by atoms with E-state index in [4.69, 9.17) is 14.2 Å². The van der Waals surface area contributed by atoms with Crippen molar-refractivity contribution >= 4 is 30.7 Å². The molecule has 1 fully saturated rings. The maximum absolute atomic E-state index is 13.2. The molecule has 2 aliphatic rings. The van der Waals surface area contributed by atoms with Crippen LogP contribution in [0.1, 0.15) is 27.9 Å². The molecule has 9 heteroatoms.